The monoisotopic (exact) mass is 502 g/mol. The van der Waals surface area contributed by atoms with Gasteiger partial charge in [-0.1, -0.05) is 43.3 Å². The van der Waals surface area contributed by atoms with E-state index in [1.807, 2.05) is 12.1 Å². The van der Waals surface area contributed by atoms with Crippen LogP contribution < -0.4 is 10.6 Å². The quantitative estimate of drug-likeness (QED) is 0.546. The summed E-state index contributed by atoms with van der Waals surface area (Å²) in [5, 5.41) is 6.43. The van der Waals surface area contributed by atoms with E-state index >= 15 is 0 Å². The Morgan fingerprint density at radius 2 is 1.73 bits per heavy atom. The molecule has 0 saturated carbocycles. The molecule has 0 unspecified atom stereocenters. The lowest BCUT2D eigenvalue weighted by Gasteiger charge is -2.37. The third-order valence-corrected chi connectivity index (χ3v) is 8.61. The molecular weight excluding hydrogens is 460 g/mol. The van der Waals surface area contributed by atoms with E-state index in [9.17, 15) is 9.59 Å². The number of nitrogens with one attached hydrogen (secondary N) is 2. The molecule has 2 amide bonds. The Kier molecular flexibility index (Phi) is 8.57. The van der Waals surface area contributed by atoms with Crippen molar-refractivity contribution in [2.75, 3.05) is 44.6 Å². The third-order valence-electron chi connectivity index (χ3n) is 8.61. The lowest BCUT2D eigenvalue weighted by Crippen LogP contribution is -2.51. The van der Waals surface area contributed by atoms with Crippen LogP contribution in [0.3, 0.4) is 0 Å². The zero-order chi connectivity index (χ0) is 25.6. The highest BCUT2D eigenvalue weighted by molar-refractivity contribution is 5.93. The minimum Gasteiger partial charge on any atom is -0.354 e. The first-order valence-corrected chi connectivity index (χ1v) is 14.3. The number of nitrogens with zero attached hydrogens (tertiary/aromatic N) is 2. The van der Waals surface area contributed by atoms with Crippen LogP contribution in [0.5, 0.6) is 0 Å². The number of carbonyl (C=O) groups excluding carboxylic acids is 2. The van der Waals surface area contributed by atoms with Gasteiger partial charge >= 0.3 is 0 Å². The van der Waals surface area contributed by atoms with Crippen molar-refractivity contribution in [3.05, 3.63) is 65.2 Å². The maximum absolute atomic E-state index is 13.4. The molecule has 0 radical (unpaired) electrons. The van der Waals surface area contributed by atoms with Gasteiger partial charge in [0.05, 0.1) is 11.8 Å². The van der Waals surface area contributed by atoms with Crippen LogP contribution in [0.15, 0.2) is 48.5 Å². The van der Waals surface area contributed by atoms with Crippen molar-refractivity contribution in [1.82, 2.24) is 15.1 Å². The maximum Gasteiger partial charge on any atom is 0.228 e. The van der Waals surface area contributed by atoms with Gasteiger partial charge in [0.25, 0.3) is 0 Å². The predicted octanol–water partition coefficient (Wildman–Crippen LogP) is 3.90. The SMILES string of the molecule is CCN1CCC[C@H]1CNC(=O)[C@H]1C[C@@H](C(=O)Nc2ccc3c(c2)CCC3)CN(CCc2ccccc2)C1. The summed E-state index contributed by atoms with van der Waals surface area (Å²) >= 11 is 0. The second-order valence-electron chi connectivity index (χ2n) is 11.1. The van der Waals surface area contributed by atoms with E-state index < -0.39 is 0 Å². The molecule has 2 aromatic carbocycles. The molecule has 5 rings (SSSR count). The van der Waals surface area contributed by atoms with Crippen LogP contribution in [0.4, 0.5) is 5.69 Å². The summed E-state index contributed by atoms with van der Waals surface area (Å²) in [6.45, 7) is 7.31. The van der Waals surface area contributed by atoms with Gasteiger partial charge in [-0.2, -0.15) is 0 Å². The lowest BCUT2D eigenvalue weighted by molar-refractivity contribution is -0.130. The lowest BCUT2D eigenvalue weighted by atomic mass is 9.87. The molecule has 6 heteroatoms. The van der Waals surface area contributed by atoms with Gasteiger partial charge in [0.15, 0.2) is 0 Å². The maximum atomic E-state index is 13.4. The number of anilines is 1. The van der Waals surface area contributed by atoms with Crippen molar-refractivity contribution in [2.45, 2.75) is 57.9 Å². The van der Waals surface area contributed by atoms with Crippen LogP contribution in [-0.4, -0.2) is 66.9 Å². The molecule has 198 valence electrons. The molecule has 2 saturated heterocycles. The first-order chi connectivity index (χ1) is 18.1. The molecule has 0 spiro atoms. The molecule has 2 aliphatic heterocycles. The predicted molar refractivity (Wildman–Crippen MR) is 149 cm³/mol. The second kappa shape index (κ2) is 12.2. The minimum absolute atomic E-state index is 0.0353. The molecule has 2 N–H and O–H groups in total. The Hall–Kier alpha value is -2.70. The number of piperidine rings is 1. The molecule has 0 aromatic heterocycles. The highest BCUT2D eigenvalue weighted by Gasteiger charge is 2.35. The Balaban J connectivity index is 1.23. The Morgan fingerprint density at radius 1 is 0.946 bits per heavy atom. The van der Waals surface area contributed by atoms with Gasteiger partial charge in [-0.25, -0.2) is 0 Å². The summed E-state index contributed by atoms with van der Waals surface area (Å²) < 4.78 is 0. The fourth-order valence-corrected chi connectivity index (χ4v) is 6.48. The first-order valence-electron chi connectivity index (χ1n) is 14.3. The van der Waals surface area contributed by atoms with Gasteiger partial charge in [0, 0.05) is 37.9 Å². The van der Waals surface area contributed by atoms with E-state index in [4.69, 9.17) is 0 Å². The van der Waals surface area contributed by atoms with E-state index in [2.05, 4.69) is 63.8 Å². The van der Waals surface area contributed by atoms with Gasteiger partial charge < -0.3 is 15.5 Å². The van der Waals surface area contributed by atoms with Gasteiger partial charge in [-0.05, 0) is 86.9 Å². The Morgan fingerprint density at radius 3 is 2.54 bits per heavy atom. The average molecular weight is 503 g/mol. The molecule has 1 aliphatic carbocycles. The number of fused-ring (bicyclic) bond motifs is 1. The van der Waals surface area contributed by atoms with E-state index in [0.717, 1.165) is 51.0 Å². The van der Waals surface area contributed by atoms with Crippen molar-refractivity contribution in [1.29, 1.82) is 0 Å². The molecule has 2 aromatic rings. The average Bonchev–Trinajstić information content (AvgIpc) is 3.59. The van der Waals surface area contributed by atoms with Crippen molar-refractivity contribution in [3.8, 4) is 0 Å². The van der Waals surface area contributed by atoms with Crippen molar-refractivity contribution in [3.63, 3.8) is 0 Å². The van der Waals surface area contributed by atoms with E-state index in [1.54, 1.807) is 0 Å². The topological polar surface area (TPSA) is 64.7 Å². The highest BCUT2D eigenvalue weighted by atomic mass is 16.2. The summed E-state index contributed by atoms with van der Waals surface area (Å²) in [6.07, 6.45) is 7.29. The standard InChI is InChI=1S/C31H42N4O2/c1-2-35-16-7-12-29(35)20-32-30(36)26-18-27(22-34(21-26)17-15-23-8-4-3-5-9-23)31(37)33-28-14-13-24-10-6-11-25(24)19-28/h3-5,8-9,13-14,19,26-27,29H,2,6-7,10-12,15-18,20-22H2,1H3,(H,32,36)(H,33,37)/t26-,27+,29-/m0/s1. The fraction of sp³-hybridized carbons (Fsp3) is 0.548. The molecule has 2 heterocycles. The molecule has 2 fully saturated rings. The van der Waals surface area contributed by atoms with E-state index in [1.165, 1.54) is 29.5 Å². The van der Waals surface area contributed by atoms with Crippen LogP contribution in [0.25, 0.3) is 0 Å². The summed E-state index contributed by atoms with van der Waals surface area (Å²) in [5.41, 5.74) is 4.93. The van der Waals surface area contributed by atoms with Gasteiger partial charge in [0.1, 0.15) is 0 Å². The Labute approximate surface area is 221 Å². The number of hydrogen-bond acceptors (Lipinski definition) is 4. The van der Waals surface area contributed by atoms with Crippen molar-refractivity contribution >= 4 is 17.5 Å². The molecule has 3 atom stereocenters. The third kappa shape index (κ3) is 6.60. The van der Waals surface area contributed by atoms with Crippen LogP contribution in [0.1, 0.15) is 49.3 Å². The number of rotatable bonds is 9. The summed E-state index contributed by atoms with van der Waals surface area (Å²) in [5.74, 6) is -0.236. The number of likely N-dealkylation sites (tertiary alicyclic amines) is 2. The van der Waals surface area contributed by atoms with Crippen LogP contribution in [0, 0.1) is 11.8 Å². The van der Waals surface area contributed by atoms with Gasteiger partial charge in [-0.3, -0.25) is 14.5 Å². The smallest absolute Gasteiger partial charge is 0.228 e. The van der Waals surface area contributed by atoms with Crippen LogP contribution in [0.2, 0.25) is 0 Å². The molecular formula is C31H42N4O2. The highest BCUT2D eigenvalue weighted by Crippen LogP contribution is 2.27. The van der Waals surface area contributed by atoms with Crippen molar-refractivity contribution < 1.29 is 9.59 Å². The van der Waals surface area contributed by atoms with Gasteiger partial charge in [0.2, 0.25) is 11.8 Å². The molecule has 37 heavy (non-hydrogen) atoms. The summed E-state index contributed by atoms with van der Waals surface area (Å²) in [6, 6.07) is 17.2. The number of amides is 2. The largest absolute Gasteiger partial charge is 0.354 e. The first kappa shape index (κ1) is 25.9. The Bertz CT molecular complexity index is 1070. The number of aryl methyl sites for hydroxylation is 2. The summed E-state index contributed by atoms with van der Waals surface area (Å²) in [7, 11) is 0. The minimum atomic E-state index is -0.202. The normalized spacial score (nSPS) is 24.1. The molecule has 3 aliphatic rings. The van der Waals surface area contributed by atoms with E-state index in [-0.39, 0.29) is 23.7 Å². The van der Waals surface area contributed by atoms with Gasteiger partial charge in [-0.15, -0.1) is 0 Å². The molecule has 6 nitrogen and oxygen atoms in total. The number of hydrogen-bond donors (Lipinski definition) is 2. The summed E-state index contributed by atoms with van der Waals surface area (Å²) in [4.78, 5) is 31.5. The zero-order valence-electron chi connectivity index (χ0n) is 22.3. The molecule has 0 bridgehead atoms. The number of likely N-dealkylation sites (N-methyl/N-ethyl adjacent to an activating group) is 1. The number of benzene rings is 2. The van der Waals surface area contributed by atoms with Crippen molar-refractivity contribution in [2.24, 2.45) is 11.8 Å². The number of carbonyl (C=O) groups is 2. The van der Waals surface area contributed by atoms with E-state index in [0.29, 0.717) is 32.1 Å². The van der Waals surface area contributed by atoms with Crippen LogP contribution >= 0.6 is 0 Å². The van der Waals surface area contributed by atoms with Crippen LogP contribution in [-0.2, 0) is 28.9 Å². The second-order valence-corrected chi connectivity index (χ2v) is 11.1. The fourth-order valence-electron chi connectivity index (χ4n) is 6.48. The zero-order valence-corrected chi connectivity index (χ0v) is 22.3.